The Hall–Kier alpha value is -1.22. The van der Waals surface area contributed by atoms with Crippen molar-refractivity contribution in [1.82, 2.24) is 9.78 Å². The van der Waals surface area contributed by atoms with Gasteiger partial charge in [0.1, 0.15) is 0 Å². The van der Waals surface area contributed by atoms with Gasteiger partial charge in [-0.15, -0.1) is 23.1 Å². The normalized spacial score (nSPS) is 10.2. The van der Waals surface area contributed by atoms with Gasteiger partial charge in [0.25, 0.3) is 0 Å². The van der Waals surface area contributed by atoms with E-state index >= 15 is 0 Å². The maximum atomic E-state index is 5.40. The molecule has 0 aliphatic rings. The Morgan fingerprint density at radius 1 is 1.56 bits per heavy atom. The van der Waals surface area contributed by atoms with Crippen molar-refractivity contribution in [1.29, 1.82) is 0 Å². The van der Waals surface area contributed by atoms with E-state index in [1.54, 1.807) is 23.1 Å². The molecule has 0 aliphatic carbocycles. The van der Waals surface area contributed by atoms with Crippen molar-refractivity contribution in [3.05, 3.63) is 33.6 Å². The number of aromatic nitrogens is 2. The van der Waals surface area contributed by atoms with Crippen LogP contribution < -0.4 is 5.73 Å². The molecule has 2 aromatic heterocycles. The first-order valence-corrected chi connectivity index (χ1v) is 7.46. The average Bonchev–Trinajstić information content (AvgIpc) is 2.90. The second-order valence-electron chi connectivity index (χ2n) is 3.80. The minimum Gasteiger partial charge on any atom is -0.320 e. The maximum Gasteiger partial charge on any atom is 0.0942 e. The van der Waals surface area contributed by atoms with Gasteiger partial charge in [0.15, 0.2) is 0 Å². The Balaban J connectivity index is 2.06. The number of hydrogen-bond donors (Lipinski definition) is 1. The average molecular weight is 277 g/mol. The van der Waals surface area contributed by atoms with Crippen molar-refractivity contribution in [3.8, 4) is 11.8 Å². The third-order valence-electron chi connectivity index (χ3n) is 2.38. The number of rotatable bonds is 3. The van der Waals surface area contributed by atoms with Crippen LogP contribution in [0.4, 0.5) is 0 Å². The summed E-state index contributed by atoms with van der Waals surface area (Å²) in [5.41, 5.74) is 7.54. The highest BCUT2D eigenvalue weighted by molar-refractivity contribution is 7.98. The van der Waals surface area contributed by atoms with Gasteiger partial charge in [-0.1, -0.05) is 11.8 Å². The van der Waals surface area contributed by atoms with Crippen molar-refractivity contribution in [2.75, 3.05) is 6.54 Å². The lowest BCUT2D eigenvalue weighted by Crippen LogP contribution is -1.94. The van der Waals surface area contributed by atoms with Crippen molar-refractivity contribution in [2.24, 2.45) is 12.8 Å². The van der Waals surface area contributed by atoms with Crippen molar-refractivity contribution in [3.63, 3.8) is 0 Å². The summed E-state index contributed by atoms with van der Waals surface area (Å²) in [6, 6.07) is 4.15. The summed E-state index contributed by atoms with van der Waals surface area (Å²) < 4.78 is 1.92. The van der Waals surface area contributed by atoms with E-state index < -0.39 is 0 Å². The number of thioether (sulfide) groups is 1. The number of aryl methyl sites for hydroxylation is 2. The van der Waals surface area contributed by atoms with Gasteiger partial charge < -0.3 is 5.73 Å². The molecule has 2 rings (SSSR count). The summed E-state index contributed by atoms with van der Waals surface area (Å²) >= 11 is 3.52. The molecule has 2 heterocycles. The second-order valence-corrected chi connectivity index (χ2v) is 5.80. The fourth-order valence-electron chi connectivity index (χ4n) is 1.57. The molecule has 0 bridgehead atoms. The summed E-state index contributed by atoms with van der Waals surface area (Å²) in [7, 11) is 1.97. The summed E-state index contributed by atoms with van der Waals surface area (Å²) in [6.45, 7) is 2.41. The zero-order valence-corrected chi connectivity index (χ0v) is 12.1. The summed E-state index contributed by atoms with van der Waals surface area (Å²) in [5.74, 6) is 6.93. The molecule has 0 unspecified atom stereocenters. The van der Waals surface area contributed by atoms with E-state index in [-0.39, 0.29) is 0 Å². The van der Waals surface area contributed by atoms with Crippen molar-refractivity contribution < 1.29 is 0 Å². The van der Waals surface area contributed by atoms with E-state index in [1.165, 1.54) is 9.90 Å². The van der Waals surface area contributed by atoms with Gasteiger partial charge in [0, 0.05) is 23.2 Å². The minimum atomic E-state index is 0.406. The molecule has 94 valence electrons. The largest absolute Gasteiger partial charge is 0.320 e. The highest BCUT2D eigenvalue weighted by Crippen LogP contribution is 2.27. The summed E-state index contributed by atoms with van der Waals surface area (Å²) in [4.78, 5) is 1.29. The second kappa shape index (κ2) is 6.10. The maximum absolute atomic E-state index is 5.40. The Morgan fingerprint density at radius 2 is 2.39 bits per heavy atom. The lowest BCUT2D eigenvalue weighted by atomic mass is 10.3. The molecular weight excluding hydrogens is 262 g/mol. The highest BCUT2D eigenvalue weighted by Gasteiger charge is 2.06. The van der Waals surface area contributed by atoms with Gasteiger partial charge in [0.05, 0.1) is 17.3 Å². The van der Waals surface area contributed by atoms with Crippen molar-refractivity contribution in [2.45, 2.75) is 17.7 Å². The third kappa shape index (κ3) is 3.16. The van der Waals surface area contributed by atoms with E-state index in [4.69, 9.17) is 5.73 Å². The van der Waals surface area contributed by atoms with E-state index in [0.717, 1.165) is 17.0 Å². The molecule has 0 spiro atoms. The molecule has 0 atom stereocenters. The van der Waals surface area contributed by atoms with Gasteiger partial charge in [-0.25, -0.2) is 0 Å². The quantitative estimate of drug-likeness (QED) is 0.692. The number of thiophene rings is 1. The minimum absolute atomic E-state index is 0.406. The number of nitrogens with two attached hydrogens (primary N) is 1. The van der Waals surface area contributed by atoms with Crippen LogP contribution in [0.15, 0.2) is 22.5 Å². The van der Waals surface area contributed by atoms with Crippen LogP contribution in [0.5, 0.6) is 0 Å². The summed E-state index contributed by atoms with van der Waals surface area (Å²) in [6.07, 6.45) is 0. The van der Waals surface area contributed by atoms with E-state index in [2.05, 4.69) is 34.5 Å². The van der Waals surface area contributed by atoms with Gasteiger partial charge in [-0.2, -0.15) is 5.10 Å². The Bertz CT molecular complexity index is 587. The predicted octanol–water partition coefficient (Wildman–Crippen LogP) is 2.39. The van der Waals surface area contributed by atoms with Gasteiger partial charge in [-0.3, -0.25) is 4.68 Å². The zero-order valence-electron chi connectivity index (χ0n) is 10.4. The Labute approximate surface area is 115 Å². The molecule has 5 heteroatoms. The predicted molar refractivity (Wildman–Crippen MR) is 77.8 cm³/mol. The summed E-state index contributed by atoms with van der Waals surface area (Å²) in [5, 5.41) is 7.59. The molecule has 0 radical (unpaired) electrons. The number of nitrogens with zero attached hydrogens (tertiary/aromatic N) is 2. The molecule has 2 N–H and O–H groups in total. The van der Waals surface area contributed by atoms with E-state index in [9.17, 15) is 0 Å². The van der Waals surface area contributed by atoms with Crippen LogP contribution in [0.1, 0.15) is 16.1 Å². The van der Waals surface area contributed by atoms with Crippen LogP contribution in [0.3, 0.4) is 0 Å². The molecule has 0 saturated heterocycles. The molecular formula is C13H15N3S2. The van der Waals surface area contributed by atoms with Gasteiger partial charge >= 0.3 is 0 Å². The highest BCUT2D eigenvalue weighted by atomic mass is 32.2. The topological polar surface area (TPSA) is 43.8 Å². The molecule has 18 heavy (non-hydrogen) atoms. The van der Waals surface area contributed by atoms with Crippen molar-refractivity contribution >= 4 is 23.1 Å². The van der Waals surface area contributed by atoms with Crippen LogP contribution in [0.2, 0.25) is 0 Å². The zero-order chi connectivity index (χ0) is 13.0. The Kier molecular flexibility index (Phi) is 4.48. The fourth-order valence-corrected chi connectivity index (χ4v) is 3.55. The molecule has 0 amide bonds. The first kappa shape index (κ1) is 13.2. The van der Waals surface area contributed by atoms with Gasteiger partial charge in [-0.05, 0) is 24.4 Å². The SMILES string of the molecule is Cc1cc(SCc2sccc2C#CCN)n(C)n1. The molecule has 0 aliphatic heterocycles. The van der Waals surface area contributed by atoms with Crippen LogP contribution in [-0.4, -0.2) is 16.3 Å². The smallest absolute Gasteiger partial charge is 0.0942 e. The molecule has 0 aromatic carbocycles. The molecule has 3 nitrogen and oxygen atoms in total. The van der Waals surface area contributed by atoms with E-state index in [1.807, 2.05) is 18.7 Å². The Morgan fingerprint density at radius 3 is 3.06 bits per heavy atom. The van der Waals surface area contributed by atoms with Crippen LogP contribution >= 0.6 is 23.1 Å². The van der Waals surface area contributed by atoms with Gasteiger partial charge in [0.2, 0.25) is 0 Å². The lowest BCUT2D eigenvalue weighted by Gasteiger charge is -2.00. The standard InChI is InChI=1S/C13H15N3S2/c1-10-8-13(16(2)15-10)18-9-12-11(4-3-6-14)5-7-17-12/h5,7-8H,6,9,14H2,1-2H3. The lowest BCUT2D eigenvalue weighted by molar-refractivity contribution is 0.692. The molecule has 0 fully saturated rings. The van der Waals surface area contributed by atoms with Crippen LogP contribution in [0, 0.1) is 18.8 Å². The third-order valence-corrected chi connectivity index (χ3v) is 4.60. The first-order valence-electron chi connectivity index (χ1n) is 5.59. The van der Waals surface area contributed by atoms with E-state index in [0.29, 0.717) is 6.54 Å². The van der Waals surface area contributed by atoms with Crippen LogP contribution in [0.25, 0.3) is 0 Å². The van der Waals surface area contributed by atoms with Crippen LogP contribution in [-0.2, 0) is 12.8 Å². The fraction of sp³-hybridized carbons (Fsp3) is 0.308. The molecule has 2 aromatic rings. The number of hydrogen-bond acceptors (Lipinski definition) is 4. The first-order chi connectivity index (χ1) is 8.70. The monoisotopic (exact) mass is 277 g/mol. The molecule has 0 saturated carbocycles.